The number of hydrogen-bond acceptors (Lipinski definition) is 4. The minimum atomic E-state index is -0.521. The Morgan fingerprint density at radius 2 is 1.92 bits per heavy atom. The number of ether oxygens (including phenoxy) is 1. The lowest BCUT2D eigenvalue weighted by Crippen LogP contribution is -2.24. The van der Waals surface area contributed by atoms with E-state index in [2.05, 4.69) is 5.10 Å². The summed E-state index contributed by atoms with van der Waals surface area (Å²) >= 11 is 6.39. The van der Waals surface area contributed by atoms with Gasteiger partial charge < -0.3 is 9.94 Å². The van der Waals surface area contributed by atoms with E-state index in [1.54, 1.807) is 4.68 Å². The Bertz CT molecular complexity index is 877. The van der Waals surface area contributed by atoms with E-state index in [4.69, 9.17) is 16.3 Å². The van der Waals surface area contributed by atoms with Crippen LogP contribution >= 0.6 is 11.6 Å². The van der Waals surface area contributed by atoms with Crippen molar-refractivity contribution in [3.05, 3.63) is 87.6 Å². The van der Waals surface area contributed by atoms with E-state index in [1.165, 1.54) is 24.5 Å². The molecule has 0 spiro atoms. The third kappa shape index (κ3) is 3.97. The van der Waals surface area contributed by atoms with Crippen molar-refractivity contribution in [1.82, 2.24) is 9.78 Å². The second kappa shape index (κ2) is 7.36. The second-order valence-corrected chi connectivity index (χ2v) is 5.88. The first kappa shape index (κ1) is 17.0. The largest absolute Gasteiger partial charge is 0.619 e. The molecule has 0 unspecified atom stereocenters. The van der Waals surface area contributed by atoms with Gasteiger partial charge in [0.15, 0.2) is 12.4 Å². The summed E-state index contributed by atoms with van der Waals surface area (Å²) in [5.41, 5.74) is 2.75. The van der Waals surface area contributed by atoms with Crippen molar-refractivity contribution >= 4 is 17.6 Å². The lowest BCUT2D eigenvalue weighted by Gasteiger charge is -2.06. The van der Waals surface area contributed by atoms with Crippen molar-refractivity contribution in [3.63, 3.8) is 0 Å². The highest BCUT2D eigenvalue weighted by Crippen LogP contribution is 2.22. The Balaban J connectivity index is 1.70. The van der Waals surface area contributed by atoms with Gasteiger partial charge in [0.25, 0.3) is 0 Å². The van der Waals surface area contributed by atoms with Crippen LogP contribution in [0.5, 0.6) is 0 Å². The van der Waals surface area contributed by atoms with Gasteiger partial charge >= 0.3 is 5.97 Å². The van der Waals surface area contributed by atoms with E-state index in [0.717, 1.165) is 5.56 Å². The molecular formula is C18H16ClN3O3. The third-order valence-electron chi connectivity index (χ3n) is 3.74. The van der Waals surface area contributed by atoms with Crippen LogP contribution in [-0.2, 0) is 17.9 Å². The van der Waals surface area contributed by atoms with Crippen molar-refractivity contribution in [2.75, 3.05) is 0 Å². The standard InChI is InChI=1S/C18H16ClN3O3/c1-13-16(12-25-18(23)15-7-9-21(24)10-8-15)17(19)22(20-13)11-14-5-3-2-4-6-14/h2-10H,11-12H2,1H3. The Morgan fingerprint density at radius 3 is 2.60 bits per heavy atom. The Kier molecular flexibility index (Phi) is 5.00. The molecule has 25 heavy (non-hydrogen) atoms. The van der Waals surface area contributed by atoms with Gasteiger partial charge in [0.2, 0.25) is 0 Å². The number of carbonyl (C=O) groups excluding carboxylic acids is 1. The van der Waals surface area contributed by atoms with Crippen molar-refractivity contribution in [2.24, 2.45) is 0 Å². The number of aromatic nitrogens is 3. The Labute approximate surface area is 149 Å². The maximum absolute atomic E-state index is 12.0. The number of benzene rings is 1. The third-order valence-corrected chi connectivity index (χ3v) is 4.17. The van der Waals surface area contributed by atoms with Crippen molar-refractivity contribution in [3.8, 4) is 0 Å². The molecule has 0 aliphatic rings. The quantitative estimate of drug-likeness (QED) is 0.400. The average molecular weight is 358 g/mol. The summed E-state index contributed by atoms with van der Waals surface area (Å²) in [5.74, 6) is -0.521. The van der Waals surface area contributed by atoms with E-state index < -0.39 is 5.97 Å². The fraction of sp³-hybridized carbons (Fsp3) is 0.167. The van der Waals surface area contributed by atoms with Crippen LogP contribution in [-0.4, -0.2) is 15.7 Å². The predicted molar refractivity (Wildman–Crippen MR) is 92.0 cm³/mol. The summed E-state index contributed by atoms with van der Waals surface area (Å²) in [7, 11) is 0. The molecule has 0 radical (unpaired) electrons. The number of pyridine rings is 1. The number of aryl methyl sites for hydroxylation is 1. The minimum Gasteiger partial charge on any atom is -0.619 e. The van der Waals surface area contributed by atoms with Gasteiger partial charge in [-0.15, -0.1) is 0 Å². The normalized spacial score (nSPS) is 10.6. The van der Waals surface area contributed by atoms with Gasteiger partial charge in [-0.1, -0.05) is 41.9 Å². The average Bonchev–Trinajstić information content (AvgIpc) is 2.88. The van der Waals surface area contributed by atoms with E-state index in [-0.39, 0.29) is 6.61 Å². The molecule has 6 nitrogen and oxygen atoms in total. The topological polar surface area (TPSA) is 71.1 Å². The van der Waals surface area contributed by atoms with Gasteiger partial charge in [0, 0.05) is 17.7 Å². The monoisotopic (exact) mass is 357 g/mol. The molecule has 2 aromatic heterocycles. The molecule has 0 N–H and O–H groups in total. The number of carbonyl (C=O) groups is 1. The number of esters is 1. The van der Waals surface area contributed by atoms with Crippen LogP contribution in [0.1, 0.15) is 27.2 Å². The van der Waals surface area contributed by atoms with Gasteiger partial charge in [-0.3, -0.25) is 0 Å². The molecule has 128 valence electrons. The van der Waals surface area contributed by atoms with Crippen LogP contribution in [0.15, 0.2) is 54.9 Å². The minimum absolute atomic E-state index is 0.0184. The summed E-state index contributed by atoms with van der Waals surface area (Å²) in [6, 6.07) is 12.6. The Hall–Kier alpha value is -2.86. The van der Waals surface area contributed by atoms with Crippen LogP contribution in [0.2, 0.25) is 5.15 Å². The lowest BCUT2D eigenvalue weighted by atomic mass is 10.2. The zero-order chi connectivity index (χ0) is 17.8. The maximum atomic E-state index is 12.0. The molecule has 0 atom stereocenters. The number of rotatable bonds is 5. The van der Waals surface area contributed by atoms with Crippen LogP contribution in [0.4, 0.5) is 0 Å². The zero-order valence-corrected chi connectivity index (χ0v) is 14.3. The molecule has 0 aliphatic carbocycles. The molecule has 0 saturated heterocycles. The van der Waals surface area contributed by atoms with Gasteiger partial charge in [-0.05, 0) is 12.5 Å². The summed E-state index contributed by atoms with van der Waals surface area (Å²) in [6.45, 7) is 2.38. The number of halogens is 1. The fourth-order valence-electron chi connectivity index (χ4n) is 2.39. The number of nitrogens with zero attached hydrogens (tertiary/aromatic N) is 3. The van der Waals surface area contributed by atoms with E-state index in [9.17, 15) is 10.0 Å². The van der Waals surface area contributed by atoms with Gasteiger partial charge in [0.1, 0.15) is 11.8 Å². The van der Waals surface area contributed by atoms with Crippen LogP contribution in [0.3, 0.4) is 0 Å². The highest BCUT2D eigenvalue weighted by Gasteiger charge is 2.16. The highest BCUT2D eigenvalue weighted by atomic mass is 35.5. The van der Waals surface area contributed by atoms with Gasteiger partial charge in [-0.25, -0.2) is 9.48 Å². The highest BCUT2D eigenvalue weighted by molar-refractivity contribution is 6.30. The molecule has 3 rings (SSSR count). The van der Waals surface area contributed by atoms with E-state index >= 15 is 0 Å². The first-order valence-electron chi connectivity index (χ1n) is 7.66. The molecule has 7 heteroatoms. The SMILES string of the molecule is Cc1nn(Cc2ccccc2)c(Cl)c1COC(=O)c1cc[n+]([O-])cc1. The summed E-state index contributed by atoms with van der Waals surface area (Å²) in [4.78, 5) is 12.0. The molecule has 0 bridgehead atoms. The van der Waals surface area contributed by atoms with Crippen molar-refractivity contribution in [1.29, 1.82) is 0 Å². The molecule has 2 heterocycles. The maximum Gasteiger partial charge on any atom is 0.338 e. The molecule has 0 saturated carbocycles. The van der Waals surface area contributed by atoms with Crippen LogP contribution in [0, 0.1) is 12.1 Å². The summed E-state index contributed by atoms with van der Waals surface area (Å²) in [5, 5.41) is 15.9. The summed E-state index contributed by atoms with van der Waals surface area (Å²) in [6.07, 6.45) is 2.49. The Morgan fingerprint density at radius 1 is 1.24 bits per heavy atom. The smallest absolute Gasteiger partial charge is 0.338 e. The predicted octanol–water partition coefficient (Wildman–Crippen LogP) is 2.88. The summed E-state index contributed by atoms with van der Waals surface area (Å²) < 4.78 is 7.57. The van der Waals surface area contributed by atoms with Gasteiger partial charge in [0.05, 0.1) is 17.8 Å². The second-order valence-electron chi connectivity index (χ2n) is 5.52. The molecular weight excluding hydrogens is 342 g/mol. The lowest BCUT2D eigenvalue weighted by molar-refractivity contribution is -0.605. The van der Waals surface area contributed by atoms with Crippen LogP contribution in [0.25, 0.3) is 0 Å². The van der Waals surface area contributed by atoms with E-state index in [0.29, 0.717) is 33.2 Å². The molecule has 1 aromatic carbocycles. The number of hydrogen-bond donors (Lipinski definition) is 0. The first-order chi connectivity index (χ1) is 12.0. The van der Waals surface area contributed by atoms with Crippen LogP contribution < -0.4 is 4.73 Å². The molecule has 0 aliphatic heterocycles. The zero-order valence-electron chi connectivity index (χ0n) is 13.6. The molecule has 3 aromatic rings. The fourth-order valence-corrected chi connectivity index (χ4v) is 2.67. The first-order valence-corrected chi connectivity index (χ1v) is 8.04. The molecule has 0 amide bonds. The van der Waals surface area contributed by atoms with Crippen molar-refractivity contribution in [2.45, 2.75) is 20.1 Å². The van der Waals surface area contributed by atoms with E-state index in [1.807, 2.05) is 37.3 Å². The van der Waals surface area contributed by atoms with Crippen molar-refractivity contribution < 1.29 is 14.3 Å². The van der Waals surface area contributed by atoms with Gasteiger partial charge in [-0.2, -0.15) is 9.83 Å². The molecule has 0 fully saturated rings.